The van der Waals surface area contributed by atoms with Gasteiger partial charge in [0.25, 0.3) is 5.91 Å². The van der Waals surface area contributed by atoms with E-state index in [4.69, 9.17) is 0 Å². The van der Waals surface area contributed by atoms with Crippen molar-refractivity contribution >= 4 is 11.9 Å². The van der Waals surface area contributed by atoms with Crippen molar-refractivity contribution < 1.29 is 9.59 Å². The van der Waals surface area contributed by atoms with Crippen LogP contribution in [0.5, 0.6) is 0 Å². The molecule has 148 valence electrons. The van der Waals surface area contributed by atoms with Crippen molar-refractivity contribution in [3.63, 3.8) is 0 Å². The first-order valence-electron chi connectivity index (χ1n) is 10.1. The maximum Gasteiger partial charge on any atom is 0.325 e. The lowest BCUT2D eigenvalue weighted by Gasteiger charge is -2.38. The molecular formula is C22H33N3O2. The summed E-state index contributed by atoms with van der Waals surface area (Å²) in [6.45, 7) is 14.0. The van der Waals surface area contributed by atoms with E-state index in [-0.39, 0.29) is 17.4 Å². The molecular weight excluding hydrogens is 338 g/mol. The van der Waals surface area contributed by atoms with Crippen molar-refractivity contribution in [3.8, 4) is 0 Å². The Morgan fingerprint density at radius 2 is 1.67 bits per heavy atom. The van der Waals surface area contributed by atoms with Gasteiger partial charge in [0.2, 0.25) is 0 Å². The molecule has 1 aromatic rings. The molecule has 3 rings (SSSR count). The van der Waals surface area contributed by atoms with E-state index >= 15 is 0 Å². The normalized spacial score (nSPS) is 20.6. The standard InChI is InChI=1S/C22H33N3O2/c1-16(2)14-24-12-10-22(11-13-24)19(26)25(20(27)23-22)15-17-6-8-18(9-7-17)21(3,4)5/h6-9,16H,10-15H2,1-5H3,(H,23,27). The summed E-state index contributed by atoms with van der Waals surface area (Å²) in [7, 11) is 0. The SMILES string of the molecule is CC(C)CN1CCC2(CC1)NC(=O)N(Cc1ccc(C(C)(C)C)cc1)C2=O. The van der Waals surface area contributed by atoms with Gasteiger partial charge >= 0.3 is 6.03 Å². The third-order valence-electron chi connectivity index (χ3n) is 5.74. The molecule has 0 saturated carbocycles. The average molecular weight is 372 g/mol. The summed E-state index contributed by atoms with van der Waals surface area (Å²) in [4.78, 5) is 29.4. The van der Waals surface area contributed by atoms with Crippen molar-refractivity contribution in [2.45, 2.75) is 65.0 Å². The topological polar surface area (TPSA) is 52.7 Å². The second-order valence-corrected chi connectivity index (χ2v) is 9.54. The Bertz CT molecular complexity index is 695. The molecule has 1 spiro atoms. The van der Waals surface area contributed by atoms with Crippen LogP contribution in [0, 0.1) is 5.92 Å². The largest absolute Gasteiger partial charge is 0.325 e. The van der Waals surface area contributed by atoms with Crippen molar-refractivity contribution in [2.24, 2.45) is 5.92 Å². The number of piperidine rings is 1. The van der Waals surface area contributed by atoms with E-state index in [2.05, 4.69) is 57.0 Å². The fourth-order valence-electron chi connectivity index (χ4n) is 4.09. The lowest BCUT2D eigenvalue weighted by atomic mass is 9.86. The summed E-state index contributed by atoms with van der Waals surface area (Å²) in [5, 5.41) is 3.01. The molecule has 2 aliphatic rings. The Morgan fingerprint density at radius 3 is 2.19 bits per heavy atom. The molecule has 2 aliphatic heterocycles. The Labute approximate surface area is 163 Å². The molecule has 0 atom stereocenters. The Kier molecular flexibility index (Phi) is 5.35. The quantitative estimate of drug-likeness (QED) is 0.824. The van der Waals surface area contributed by atoms with Gasteiger partial charge in [0.05, 0.1) is 6.54 Å². The predicted molar refractivity (Wildman–Crippen MR) is 107 cm³/mol. The maximum atomic E-state index is 13.1. The number of nitrogens with zero attached hydrogens (tertiary/aromatic N) is 2. The van der Waals surface area contributed by atoms with Gasteiger partial charge in [-0.25, -0.2) is 4.79 Å². The van der Waals surface area contributed by atoms with E-state index in [0.717, 1.165) is 25.2 Å². The van der Waals surface area contributed by atoms with Gasteiger partial charge in [-0.05, 0) is 35.3 Å². The first-order valence-corrected chi connectivity index (χ1v) is 10.1. The number of amides is 3. The molecule has 2 fully saturated rings. The van der Waals surface area contributed by atoms with Crippen LogP contribution in [0.1, 0.15) is 58.6 Å². The monoisotopic (exact) mass is 371 g/mol. The average Bonchev–Trinajstić information content (AvgIpc) is 2.81. The van der Waals surface area contributed by atoms with Gasteiger partial charge in [0.1, 0.15) is 5.54 Å². The molecule has 0 unspecified atom stereocenters. The van der Waals surface area contributed by atoms with Gasteiger partial charge in [-0.3, -0.25) is 9.69 Å². The molecule has 2 heterocycles. The number of benzene rings is 1. The second-order valence-electron chi connectivity index (χ2n) is 9.54. The minimum absolute atomic E-state index is 0.0587. The lowest BCUT2D eigenvalue weighted by molar-refractivity contribution is -0.133. The summed E-state index contributed by atoms with van der Waals surface area (Å²) in [6.07, 6.45) is 1.40. The molecule has 0 aliphatic carbocycles. The highest BCUT2D eigenvalue weighted by Crippen LogP contribution is 2.31. The van der Waals surface area contributed by atoms with Crippen LogP contribution in [0.3, 0.4) is 0 Å². The van der Waals surface area contributed by atoms with E-state index in [1.54, 1.807) is 0 Å². The van der Waals surface area contributed by atoms with Crippen LogP contribution in [0.25, 0.3) is 0 Å². The number of carbonyl (C=O) groups is 2. The molecule has 0 aromatic heterocycles. The van der Waals surface area contributed by atoms with Crippen molar-refractivity contribution in [1.29, 1.82) is 0 Å². The minimum Gasteiger partial charge on any atom is -0.323 e. The molecule has 0 bridgehead atoms. The number of imide groups is 1. The lowest BCUT2D eigenvalue weighted by Crippen LogP contribution is -2.55. The number of rotatable bonds is 4. The molecule has 1 aromatic carbocycles. The zero-order valence-electron chi connectivity index (χ0n) is 17.3. The van der Waals surface area contributed by atoms with E-state index in [0.29, 0.717) is 25.3 Å². The van der Waals surface area contributed by atoms with Crippen molar-refractivity contribution in [3.05, 3.63) is 35.4 Å². The summed E-state index contributed by atoms with van der Waals surface area (Å²) in [5.41, 5.74) is 1.63. The summed E-state index contributed by atoms with van der Waals surface area (Å²) < 4.78 is 0. The van der Waals surface area contributed by atoms with Gasteiger partial charge in [0.15, 0.2) is 0 Å². The van der Waals surface area contributed by atoms with E-state index in [1.807, 2.05) is 12.1 Å². The molecule has 5 nitrogen and oxygen atoms in total. The fraction of sp³-hybridized carbons (Fsp3) is 0.636. The van der Waals surface area contributed by atoms with Crippen LogP contribution in [0.2, 0.25) is 0 Å². The minimum atomic E-state index is -0.698. The van der Waals surface area contributed by atoms with Gasteiger partial charge in [-0.2, -0.15) is 0 Å². The number of likely N-dealkylation sites (tertiary alicyclic amines) is 1. The fourth-order valence-corrected chi connectivity index (χ4v) is 4.09. The number of carbonyl (C=O) groups excluding carboxylic acids is 2. The predicted octanol–water partition coefficient (Wildman–Crippen LogP) is 3.53. The Morgan fingerprint density at radius 1 is 1.07 bits per heavy atom. The smallest absolute Gasteiger partial charge is 0.323 e. The van der Waals surface area contributed by atoms with Crippen LogP contribution in [0.15, 0.2) is 24.3 Å². The third kappa shape index (κ3) is 4.18. The van der Waals surface area contributed by atoms with Gasteiger partial charge < -0.3 is 10.2 Å². The highest BCUT2D eigenvalue weighted by atomic mass is 16.2. The van der Waals surface area contributed by atoms with Gasteiger partial charge in [0, 0.05) is 19.6 Å². The van der Waals surface area contributed by atoms with Gasteiger partial charge in [-0.15, -0.1) is 0 Å². The Hall–Kier alpha value is -1.88. The highest BCUT2D eigenvalue weighted by molar-refractivity contribution is 6.07. The van der Waals surface area contributed by atoms with Crippen LogP contribution in [-0.4, -0.2) is 46.9 Å². The summed E-state index contributed by atoms with van der Waals surface area (Å²) in [5.74, 6) is 0.553. The number of urea groups is 1. The first kappa shape index (κ1) is 19.9. The molecule has 2 saturated heterocycles. The second kappa shape index (κ2) is 7.27. The highest BCUT2D eigenvalue weighted by Gasteiger charge is 2.52. The van der Waals surface area contributed by atoms with Gasteiger partial charge in [-0.1, -0.05) is 58.9 Å². The van der Waals surface area contributed by atoms with Crippen LogP contribution >= 0.6 is 0 Å². The molecule has 1 N–H and O–H groups in total. The molecule has 5 heteroatoms. The number of hydrogen-bond acceptors (Lipinski definition) is 3. The van der Waals surface area contributed by atoms with Crippen LogP contribution in [-0.2, 0) is 16.8 Å². The first-order chi connectivity index (χ1) is 12.6. The molecule has 0 radical (unpaired) electrons. The molecule has 3 amide bonds. The Balaban J connectivity index is 1.66. The van der Waals surface area contributed by atoms with E-state index in [9.17, 15) is 9.59 Å². The number of nitrogens with one attached hydrogen (secondary N) is 1. The van der Waals surface area contributed by atoms with Crippen LogP contribution < -0.4 is 5.32 Å². The maximum absolute atomic E-state index is 13.1. The van der Waals surface area contributed by atoms with Crippen LogP contribution in [0.4, 0.5) is 4.79 Å². The zero-order valence-corrected chi connectivity index (χ0v) is 17.3. The molecule has 27 heavy (non-hydrogen) atoms. The number of hydrogen-bond donors (Lipinski definition) is 1. The summed E-state index contributed by atoms with van der Waals surface area (Å²) >= 11 is 0. The van der Waals surface area contributed by atoms with Crippen molar-refractivity contribution in [1.82, 2.24) is 15.1 Å². The zero-order chi connectivity index (χ0) is 19.8. The third-order valence-corrected chi connectivity index (χ3v) is 5.74. The van der Waals surface area contributed by atoms with Crippen molar-refractivity contribution in [2.75, 3.05) is 19.6 Å². The van der Waals surface area contributed by atoms with E-state index < -0.39 is 5.54 Å². The van der Waals surface area contributed by atoms with E-state index in [1.165, 1.54) is 10.5 Å². The summed E-state index contributed by atoms with van der Waals surface area (Å²) in [6, 6.07) is 7.98.